The molecule has 2 N–H and O–H groups in total. The Labute approximate surface area is 182 Å². The summed E-state index contributed by atoms with van der Waals surface area (Å²) in [6.45, 7) is 18.1. The Morgan fingerprint density at radius 2 is 1.89 bits per heavy atom. The monoisotopic (exact) mass is 490 g/mol. The normalized spacial score (nSPS) is 21.0. The third-order valence-electron chi connectivity index (χ3n) is 4.91. The second-order valence-electron chi connectivity index (χ2n) is 7.90. The van der Waals surface area contributed by atoms with Crippen molar-refractivity contribution in [2.24, 2.45) is 16.8 Å². The smallest absolute Gasteiger partial charge is 0.191 e. The minimum atomic E-state index is 0. The van der Waals surface area contributed by atoms with Crippen molar-refractivity contribution in [3.05, 3.63) is 17.5 Å². The highest BCUT2D eigenvalue weighted by Crippen LogP contribution is 2.20. The van der Waals surface area contributed by atoms with Gasteiger partial charge in [0.2, 0.25) is 0 Å². The van der Waals surface area contributed by atoms with E-state index in [2.05, 4.69) is 59.1 Å². The third kappa shape index (κ3) is 8.81. The van der Waals surface area contributed by atoms with Crippen LogP contribution in [0.4, 0.5) is 0 Å². The van der Waals surface area contributed by atoms with Gasteiger partial charge in [0, 0.05) is 51.5 Å². The molecule has 1 aliphatic heterocycles. The zero-order chi connectivity index (χ0) is 18.9. The third-order valence-corrected chi connectivity index (χ3v) is 4.91. The van der Waals surface area contributed by atoms with Crippen molar-refractivity contribution >= 4 is 29.9 Å². The van der Waals surface area contributed by atoms with Crippen LogP contribution in [0.5, 0.6) is 0 Å². The first kappa shape index (κ1) is 24.2. The molecule has 1 aromatic rings. The maximum absolute atomic E-state index is 4.71. The van der Waals surface area contributed by atoms with Crippen molar-refractivity contribution in [2.45, 2.75) is 54.0 Å². The number of hydrogen-bond acceptors (Lipinski definition) is 3. The van der Waals surface area contributed by atoms with Crippen LogP contribution < -0.4 is 10.6 Å². The van der Waals surface area contributed by atoms with Gasteiger partial charge in [0.1, 0.15) is 0 Å². The summed E-state index contributed by atoms with van der Waals surface area (Å²) in [6, 6.07) is 2.12. The molecular weight excluding hydrogens is 451 g/mol. The maximum atomic E-state index is 4.71. The molecule has 27 heavy (non-hydrogen) atoms. The summed E-state index contributed by atoms with van der Waals surface area (Å²) in [4.78, 5) is 7.29. The van der Waals surface area contributed by atoms with Crippen LogP contribution in [0.3, 0.4) is 0 Å². The number of nitrogens with one attached hydrogen (secondary N) is 2. The first-order valence-electron chi connectivity index (χ1n) is 10.2. The van der Waals surface area contributed by atoms with Crippen LogP contribution in [-0.2, 0) is 6.54 Å². The number of aliphatic imine (C=N–C) groups is 1. The molecular formula is C20H39IN6. The topological polar surface area (TPSA) is 57.5 Å². The standard InChI is InChI=1S/C20H38N6.HI/c1-6-21-20(22-8-7-10-26-19(5)13-18(4)24-26)23-9-11-25-14-16(2)12-17(3)15-25;/h13,16-17H,6-12,14-15H2,1-5H3,(H2,21,22,23);1H. The number of rotatable bonds is 8. The van der Waals surface area contributed by atoms with E-state index in [4.69, 9.17) is 4.99 Å². The Balaban J connectivity index is 0.00000364. The van der Waals surface area contributed by atoms with Gasteiger partial charge < -0.3 is 15.5 Å². The maximum Gasteiger partial charge on any atom is 0.191 e. The molecule has 7 heteroatoms. The number of likely N-dealkylation sites (tertiary alicyclic amines) is 1. The Kier molecular flexibility index (Phi) is 11.3. The van der Waals surface area contributed by atoms with Crippen molar-refractivity contribution in [1.29, 1.82) is 0 Å². The van der Waals surface area contributed by atoms with Gasteiger partial charge in [-0.15, -0.1) is 24.0 Å². The van der Waals surface area contributed by atoms with Gasteiger partial charge in [-0.25, -0.2) is 0 Å². The van der Waals surface area contributed by atoms with Crippen molar-refractivity contribution < 1.29 is 0 Å². The highest BCUT2D eigenvalue weighted by molar-refractivity contribution is 14.0. The Bertz CT molecular complexity index is 561. The summed E-state index contributed by atoms with van der Waals surface area (Å²) in [5.74, 6) is 2.56. The van der Waals surface area contributed by atoms with Gasteiger partial charge in [-0.2, -0.15) is 5.10 Å². The number of piperidine rings is 1. The molecule has 2 unspecified atom stereocenters. The number of aryl methyl sites for hydroxylation is 3. The zero-order valence-electron chi connectivity index (χ0n) is 17.8. The van der Waals surface area contributed by atoms with Gasteiger partial charge in [0.25, 0.3) is 0 Å². The van der Waals surface area contributed by atoms with Crippen LogP contribution in [0.25, 0.3) is 0 Å². The fourth-order valence-corrected chi connectivity index (χ4v) is 3.96. The lowest BCUT2D eigenvalue weighted by Gasteiger charge is -2.35. The van der Waals surface area contributed by atoms with Crippen molar-refractivity contribution in [1.82, 2.24) is 25.3 Å². The van der Waals surface area contributed by atoms with Gasteiger partial charge in [0.15, 0.2) is 5.96 Å². The molecule has 6 nitrogen and oxygen atoms in total. The van der Waals surface area contributed by atoms with Crippen LogP contribution in [-0.4, -0.2) is 59.9 Å². The predicted octanol–water partition coefficient (Wildman–Crippen LogP) is 3.04. The van der Waals surface area contributed by atoms with Gasteiger partial charge in [-0.1, -0.05) is 13.8 Å². The predicted molar refractivity (Wildman–Crippen MR) is 125 cm³/mol. The number of halogens is 1. The molecule has 2 rings (SSSR count). The molecule has 1 aliphatic rings. The molecule has 0 aliphatic carbocycles. The number of hydrogen-bond donors (Lipinski definition) is 2. The van der Waals surface area contributed by atoms with Crippen LogP contribution in [0, 0.1) is 25.7 Å². The zero-order valence-corrected chi connectivity index (χ0v) is 20.1. The lowest BCUT2D eigenvalue weighted by molar-refractivity contribution is 0.143. The minimum Gasteiger partial charge on any atom is -0.357 e. The van der Waals surface area contributed by atoms with Gasteiger partial charge in [-0.05, 0) is 51.5 Å². The van der Waals surface area contributed by atoms with Crippen LogP contribution in [0.1, 0.15) is 45.0 Å². The van der Waals surface area contributed by atoms with E-state index in [0.29, 0.717) is 0 Å². The molecule has 0 aromatic carbocycles. The van der Waals surface area contributed by atoms with E-state index in [1.807, 2.05) is 6.92 Å². The Morgan fingerprint density at radius 3 is 2.48 bits per heavy atom. The number of aromatic nitrogens is 2. The molecule has 2 heterocycles. The highest BCUT2D eigenvalue weighted by Gasteiger charge is 2.21. The molecule has 0 bridgehead atoms. The van der Waals surface area contributed by atoms with E-state index in [1.54, 1.807) is 0 Å². The largest absolute Gasteiger partial charge is 0.357 e. The number of nitrogens with zero attached hydrogens (tertiary/aromatic N) is 4. The summed E-state index contributed by atoms with van der Waals surface area (Å²) in [6.07, 6.45) is 2.36. The Hall–Kier alpha value is -0.830. The van der Waals surface area contributed by atoms with E-state index >= 15 is 0 Å². The molecule has 0 spiro atoms. The molecule has 2 atom stereocenters. The van der Waals surface area contributed by atoms with Gasteiger partial charge in [0.05, 0.1) is 5.69 Å². The van der Waals surface area contributed by atoms with Crippen LogP contribution in [0.2, 0.25) is 0 Å². The summed E-state index contributed by atoms with van der Waals surface area (Å²) in [5, 5.41) is 11.3. The summed E-state index contributed by atoms with van der Waals surface area (Å²) >= 11 is 0. The molecule has 1 aromatic heterocycles. The summed E-state index contributed by atoms with van der Waals surface area (Å²) < 4.78 is 2.07. The average molecular weight is 490 g/mol. The van der Waals surface area contributed by atoms with E-state index in [0.717, 1.165) is 62.6 Å². The van der Waals surface area contributed by atoms with E-state index in [9.17, 15) is 0 Å². The quantitative estimate of drug-likeness (QED) is 0.255. The Morgan fingerprint density at radius 1 is 1.19 bits per heavy atom. The lowest BCUT2D eigenvalue weighted by atomic mass is 9.92. The van der Waals surface area contributed by atoms with E-state index < -0.39 is 0 Å². The molecule has 1 saturated heterocycles. The van der Waals surface area contributed by atoms with E-state index in [-0.39, 0.29) is 24.0 Å². The molecule has 1 fully saturated rings. The SMILES string of the molecule is CCNC(=NCCCn1nc(C)cc1C)NCCN1CC(C)CC(C)C1.I. The second kappa shape index (κ2) is 12.6. The fraction of sp³-hybridized carbons (Fsp3) is 0.800. The fourth-order valence-electron chi connectivity index (χ4n) is 3.96. The van der Waals surface area contributed by atoms with Crippen molar-refractivity contribution in [2.75, 3.05) is 39.3 Å². The highest BCUT2D eigenvalue weighted by atomic mass is 127. The molecule has 156 valence electrons. The average Bonchev–Trinajstić information content (AvgIpc) is 2.88. The van der Waals surface area contributed by atoms with Crippen molar-refractivity contribution in [3.8, 4) is 0 Å². The first-order valence-corrected chi connectivity index (χ1v) is 10.2. The van der Waals surface area contributed by atoms with Crippen molar-refractivity contribution in [3.63, 3.8) is 0 Å². The minimum absolute atomic E-state index is 0. The first-order chi connectivity index (χ1) is 12.5. The van der Waals surface area contributed by atoms with Gasteiger partial charge >= 0.3 is 0 Å². The van der Waals surface area contributed by atoms with Gasteiger partial charge in [-0.3, -0.25) is 9.67 Å². The number of guanidine groups is 1. The molecule has 0 amide bonds. The van der Waals surface area contributed by atoms with Crippen LogP contribution >= 0.6 is 24.0 Å². The summed E-state index contributed by atoms with van der Waals surface area (Å²) in [7, 11) is 0. The molecule has 0 saturated carbocycles. The van der Waals surface area contributed by atoms with Crippen LogP contribution in [0.15, 0.2) is 11.1 Å². The summed E-state index contributed by atoms with van der Waals surface area (Å²) in [5.41, 5.74) is 2.31. The lowest BCUT2D eigenvalue weighted by Crippen LogP contribution is -2.45. The van der Waals surface area contributed by atoms with E-state index in [1.165, 1.54) is 25.2 Å². The molecule has 0 radical (unpaired) electrons. The second-order valence-corrected chi connectivity index (χ2v) is 7.90.